The van der Waals surface area contributed by atoms with Crippen molar-refractivity contribution in [3.63, 3.8) is 0 Å². The Balaban J connectivity index is 2.21. The molecule has 0 radical (unpaired) electrons. The van der Waals surface area contributed by atoms with Crippen molar-refractivity contribution in [2.24, 2.45) is 0 Å². The van der Waals surface area contributed by atoms with Gasteiger partial charge < -0.3 is 9.72 Å². The van der Waals surface area contributed by atoms with Crippen LogP contribution in [0.5, 0.6) is 5.75 Å². The van der Waals surface area contributed by atoms with E-state index in [4.69, 9.17) is 4.74 Å². The topological polar surface area (TPSA) is 118 Å². The number of aromatic amines is 2. The lowest BCUT2D eigenvalue weighted by Crippen LogP contribution is -2.25. The maximum Gasteiger partial charge on any atom is 0.357 e. The summed E-state index contributed by atoms with van der Waals surface area (Å²) in [6.07, 6.45) is 2.86. The molecule has 8 nitrogen and oxygen atoms in total. The molecule has 0 saturated heterocycles. The molecule has 0 saturated carbocycles. The molecule has 0 aliphatic carbocycles. The highest BCUT2D eigenvalue weighted by Crippen LogP contribution is 2.31. The van der Waals surface area contributed by atoms with Crippen molar-refractivity contribution >= 4 is 28.6 Å². The molecule has 2 aromatic carbocycles. The number of rotatable bonds is 5. The Hall–Kier alpha value is -3.68. The van der Waals surface area contributed by atoms with Gasteiger partial charge >= 0.3 is 16.9 Å². The molecule has 8 heteroatoms. The Morgan fingerprint density at radius 3 is 2.52 bits per heavy atom. The zero-order valence-electron chi connectivity index (χ0n) is 14.7. The highest BCUT2D eigenvalue weighted by molar-refractivity contribution is 5.95. The van der Waals surface area contributed by atoms with E-state index >= 15 is 0 Å². The predicted molar refractivity (Wildman–Crippen MR) is 103 cm³/mol. The van der Waals surface area contributed by atoms with Gasteiger partial charge in [-0.2, -0.15) is 0 Å². The Morgan fingerprint density at radius 2 is 1.81 bits per heavy atom. The van der Waals surface area contributed by atoms with Crippen LogP contribution in [0.1, 0.15) is 25.1 Å². The van der Waals surface area contributed by atoms with Crippen molar-refractivity contribution in [1.82, 2.24) is 9.97 Å². The minimum atomic E-state index is -1.06. The highest BCUT2D eigenvalue weighted by atomic mass is 16.6. The van der Waals surface area contributed by atoms with E-state index in [1.54, 1.807) is 6.08 Å². The van der Waals surface area contributed by atoms with Crippen molar-refractivity contribution in [3.05, 3.63) is 78.6 Å². The fourth-order valence-electron chi connectivity index (χ4n) is 2.77. The summed E-state index contributed by atoms with van der Waals surface area (Å²) in [5.74, 6) is 0.592. The predicted octanol–water partition coefficient (Wildman–Crippen LogP) is 3.08. The summed E-state index contributed by atoms with van der Waals surface area (Å²) in [6, 6.07) is 11.3. The van der Waals surface area contributed by atoms with Crippen LogP contribution in [0.4, 0.5) is 5.69 Å². The molecule has 3 rings (SSSR count). The molecule has 0 atom stereocenters. The number of H-pyrrole nitrogens is 2. The first-order valence-corrected chi connectivity index (χ1v) is 8.24. The summed E-state index contributed by atoms with van der Waals surface area (Å²) in [5.41, 5.74) is -2.09. The number of hydrogen-bond donors (Lipinski definition) is 2. The maximum atomic E-state index is 11.8. The minimum Gasteiger partial charge on any atom is -0.490 e. The summed E-state index contributed by atoms with van der Waals surface area (Å²) in [5, 5.41) is 13.0. The van der Waals surface area contributed by atoms with Crippen LogP contribution >= 0.6 is 0 Å². The molecule has 0 aliphatic heterocycles. The van der Waals surface area contributed by atoms with Gasteiger partial charge in [-0.25, -0.2) is 4.79 Å². The molecule has 0 aliphatic rings. The third kappa shape index (κ3) is 3.79. The van der Waals surface area contributed by atoms with E-state index in [1.807, 2.05) is 55.2 Å². The Labute approximate surface area is 153 Å². The lowest BCUT2D eigenvalue weighted by molar-refractivity contribution is -0.386. The van der Waals surface area contributed by atoms with E-state index in [0.717, 1.165) is 10.8 Å². The van der Waals surface area contributed by atoms with E-state index in [9.17, 15) is 19.7 Å². The third-order valence-corrected chi connectivity index (χ3v) is 3.84. The number of benzene rings is 2. The van der Waals surface area contributed by atoms with Crippen LogP contribution in [-0.4, -0.2) is 21.0 Å². The van der Waals surface area contributed by atoms with Gasteiger partial charge in [-0.1, -0.05) is 30.3 Å². The third-order valence-electron chi connectivity index (χ3n) is 3.84. The Kier molecular flexibility index (Phi) is 4.89. The van der Waals surface area contributed by atoms with Gasteiger partial charge in [-0.05, 0) is 42.8 Å². The summed E-state index contributed by atoms with van der Waals surface area (Å²) >= 11 is 0. The number of ether oxygens (including phenoxy) is 1. The number of nitrogens with one attached hydrogen (secondary N) is 2. The van der Waals surface area contributed by atoms with Crippen LogP contribution < -0.4 is 16.0 Å². The van der Waals surface area contributed by atoms with Crippen molar-refractivity contribution < 1.29 is 9.66 Å². The first kappa shape index (κ1) is 18.1. The van der Waals surface area contributed by atoms with Crippen LogP contribution in [-0.2, 0) is 0 Å². The molecule has 0 spiro atoms. The second-order valence-corrected chi connectivity index (χ2v) is 6.13. The van der Waals surface area contributed by atoms with E-state index < -0.39 is 21.9 Å². The zero-order valence-corrected chi connectivity index (χ0v) is 14.7. The number of nitrogens with zero attached hydrogens (tertiary/aromatic N) is 1. The van der Waals surface area contributed by atoms with Crippen molar-refractivity contribution in [2.75, 3.05) is 0 Å². The number of aromatic nitrogens is 2. The van der Waals surface area contributed by atoms with Crippen LogP contribution in [0.15, 0.2) is 46.0 Å². The van der Waals surface area contributed by atoms with Gasteiger partial charge in [0.1, 0.15) is 11.4 Å². The number of fused-ring (bicyclic) bond motifs is 1. The first-order chi connectivity index (χ1) is 12.9. The normalized spacial score (nSPS) is 11.4. The molecule has 1 aromatic heterocycles. The number of hydrogen-bond acceptors (Lipinski definition) is 5. The Bertz CT molecular complexity index is 1160. The highest BCUT2D eigenvalue weighted by Gasteiger charge is 2.19. The van der Waals surface area contributed by atoms with Crippen molar-refractivity contribution in [3.8, 4) is 5.75 Å². The van der Waals surface area contributed by atoms with Crippen molar-refractivity contribution in [2.45, 2.75) is 20.0 Å². The fraction of sp³-hybridized carbons (Fsp3) is 0.158. The van der Waals surface area contributed by atoms with Gasteiger partial charge in [0, 0.05) is 5.56 Å². The molecule has 1 heterocycles. The second kappa shape index (κ2) is 7.28. The molecule has 2 N–H and O–H groups in total. The zero-order chi connectivity index (χ0) is 19.6. The van der Waals surface area contributed by atoms with E-state index in [-0.39, 0.29) is 11.8 Å². The van der Waals surface area contributed by atoms with E-state index in [2.05, 4.69) is 4.98 Å². The fourth-order valence-corrected chi connectivity index (χ4v) is 2.77. The molecule has 0 bridgehead atoms. The van der Waals surface area contributed by atoms with Gasteiger partial charge in [-0.3, -0.25) is 19.9 Å². The summed E-state index contributed by atoms with van der Waals surface area (Å²) < 4.78 is 5.84. The smallest absolute Gasteiger partial charge is 0.357 e. The van der Waals surface area contributed by atoms with Gasteiger partial charge in [-0.15, -0.1) is 0 Å². The second-order valence-electron chi connectivity index (χ2n) is 6.13. The van der Waals surface area contributed by atoms with E-state index in [0.29, 0.717) is 11.3 Å². The molecule has 3 aromatic rings. The standard InChI is InChI=1S/C19H17N3O5/c1-11(2)27-16-10-7-12-5-3-4-6-13(12)14(16)8-9-15-17(22(25)26)18(23)21-19(24)20-15/h3-11H,1-2H3,(H2,20,21,23,24)/b9-8-. The average molecular weight is 367 g/mol. The molecule has 27 heavy (non-hydrogen) atoms. The lowest BCUT2D eigenvalue weighted by atomic mass is 10.0. The quantitative estimate of drug-likeness (QED) is 0.531. The largest absolute Gasteiger partial charge is 0.490 e. The molecular weight excluding hydrogens is 350 g/mol. The Morgan fingerprint density at radius 1 is 1.07 bits per heavy atom. The van der Waals surface area contributed by atoms with Crippen LogP contribution in [0.3, 0.4) is 0 Å². The van der Waals surface area contributed by atoms with E-state index in [1.165, 1.54) is 6.08 Å². The van der Waals surface area contributed by atoms with Gasteiger partial charge in [0.25, 0.3) is 0 Å². The monoisotopic (exact) mass is 367 g/mol. The summed E-state index contributed by atoms with van der Waals surface area (Å²) in [4.78, 5) is 37.8. The maximum absolute atomic E-state index is 11.8. The van der Waals surface area contributed by atoms with Gasteiger partial charge in [0.05, 0.1) is 11.0 Å². The van der Waals surface area contributed by atoms with Crippen LogP contribution in [0, 0.1) is 10.1 Å². The molecule has 0 amide bonds. The molecule has 138 valence electrons. The number of nitro groups is 1. The minimum absolute atomic E-state index is 0.0768. The van der Waals surface area contributed by atoms with Gasteiger partial charge in [0.2, 0.25) is 0 Å². The van der Waals surface area contributed by atoms with Gasteiger partial charge in [0.15, 0.2) is 0 Å². The van der Waals surface area contributed by atoms with Crippen molar-refractivity contribution in [1.29, 1.82) is 0 Å². The summed E-state index contributed by atoms with van der Waals surface area (Å²) in [6.45, 7) is 3.78. The lowest BCUT2D eigenvalue weighted by Gasteiger charge is -2.14. The summed E-state index contributed by atoms with van der Waals surface area (Å²) in [7, 11) is 0. The molecule has 0 fully saturated rings. The SMILES string of the molecule is CC(C)Oc1ccc2ccccc2c1/C=C\c1[nH]c(=O)[nH]c(=O)c1[N+](=O)[O-]. The first-order valence-electron chi connectivity index (χ1n) is 8.24. The molecular formula is C19H17N3O5. The molecule has 0 unspecified atom stereocenters. The van der Waals surface area contributed by atoms with Crippen LogP contribution in [0.2, 0.25) is 0 Å². The average Bonchev–Trinajstić information content (AvgIpc) is 2.59. The van der Waals surface area contributed by atoms with Crippen LogP contribution in [0.25, 0.3) is 22.9 Å².